The highest BCUT2D eigenvalue weighted by atomic mass is 32.2. The number of ketones is 1. The molecule has 1 saturated heterocycles. The van der Waals surface area contributed by atoms with Crippen LogP contribution in [0.4, 0.5) is 0 Å². The summed E-state index contributed by atoms with van der Waals surface area (Å²) < 4.78 is 0. The van der Waals surface area contributed by atoms with Gasteiger partial charge in [-0.1, -0.05) is 6.92 Å². The molecule has 2 nitrogen and oxygen atoms in total. The van der Waals surface area contributed by atoms with Gasteiger partial charge in [-0.05, 0) is 6.42 Å². The van der Waals surface area contributed by atoms with E-state index in [1.165, 1.54) is 17.9 Å². The smallest absolute Gasteiger partial charge is 0.171 e. The number of thioether (sulfide) groups is 2. The third-order valence-corrected chi connectivity index (χ3v) is 7.15. The van der Waals surface area contributed by atoms with E-state index in [1.54, 1.807) is 24.5 Å². The molecule has 1 aliphatic heterocycles. The van der Waals surface area contributed by atoms with Crippen molar-refractivity contribution in [2.45, 2.75) is 30.8 Å². The lowest BCUT2D eigenvalue weighted by Crippen LogP contribution is -2.17. The molecule has 2 heterocycles. The quantitative estimate of drug-likeness (QED) is 0.786. The van der Waals surface area contributed by atoms with E-state index in [0.29, 0.717) is 10.5 Å². The highest BCUT2D eigenvalue weighted by molar-refractivity contribution is 8.06. The number of hydrogen-bond acceptors (Lipinski definition) is 5. The van der Waals surface area contributed by atoms with Gasteiger partial charge in [0, 0.05) is 29.9 Å². The number of thiazole rings is 1. The molecule has 0 spiro atoms. The molecular formula is C11H15NOS3. The van der Waals surface area contributed by atoms with Gasteiger partial charge in [0.25, 0.3) is 0 Å². The lowest BCUT2D eigenvalue weighted by atomic mass is 10.2. The summed E-state index contributed by atoms with van der Waals surface area (Å²) in [6.45, 7) is 3.84. The van der Waals surface area contributed by atoms with Gasteiger partial charge >= 0.3 is 0 Å². The SMILES string of the molecule is CCC1SCCSC1c1ncc(C(C)=O)s1. The van der Waals surface area contributed by atoms with Crippen LogP contribution in [0.15, 0.2) is 6.20 Å². The predicted molar refractivity (Wildman–Crippen MR) is 73.9 cm³/mol. The van der Waals surface area contributed by atoms with Gasteiger partial charge in [-0.2, -0.15) is 11.8 Å². The molecular weight excluding hydrogens is 258 g/mol. The molecule has 2 atom stereocenters. The predicted octanol–water partition coefficient (Wildman–Crippen LogP) is 3.65. The Balaban J connectivity index is 2.17. The van der Waals surface area contributed by atoms with E-state index >= 15 is 0 Å². The maximum atomic E-state index is 11.3. The summed E-state index contributed by atoms with van der Waals surface area (Å²) in [5, 5.41) is 2.28. The Labute approximate surface area is 109 Å². The van der Waals surface area contributed by atoms with Crippen LogP contribution in [-0.4, -0.2) is 27.5 Å². The molecule has 16 heavy (non-hydrogen) atoms. The molecule has 0 radical (unpaired) electrons. The molecule has 0 bridgehead atoms. The summed E-state index contributed by atoms with van der Waals surface area (Å²) in [5.74, 6) is 2.57. The Morgan fingerprint density at radius 3 is 2.88 bits per heavy atom. The van der Waals surface area contributed by atoms with Crippen molar-refractivity contribution in [3.8, 4) is 0 Å². The Morgan fingerprint density at radius 2 is 2.25 bits per heavy atom. The molecule has 0 aliphatic carbocycles. The van der Waals surface area contributed by atoms with Crippen LogP contribution in [0, 0.1) is 0 Å². The van der Waals surface area contributed by atoms with E-state index < -0.39 is 0 Å². The third kappa shape index (κ3) is 2.63. The van der Waals surface area contributed by atoms with Crippen molar-refractivity contribution in [1.82, 2.24) is 4.98 Å². The summed E-state index contributed by atoms with van der Waals surface area (Å²) >= 11 is 5.61. The van der Waals surface area contributed by atoms with Gasteiger partial charge in [0.1, 0.15) is 5.01 Å². The van der Waals surface area contributed by atoms with Crippen LogP contribution in [0.3, 0.4) is 0 Å². The number of Topliss-reactive ketones (excluding diaryl/α,β-unsaturated/α-hetero) is 1. The summed E-state index contributed by atoms with van der Waals surface area (Å²) in [7, 11) is 0. The summed E-state index contributed by atoms with van der Waals surface area (Å²) in [5.41, 5.74) is 0. The lowest BCUT2D eigenvalue weighted by molar-refractivity contribution is 0.102. The number of carbonyl (C=O) groups is 1. The maximum absolute atomic E-state index is 11.3. The van der Waals surface area contributed by atoms with Crippen molar-refractivity contribution in [2.24, 2.45) is 0 Å². The fourth-order valence-corrected chi connectivity index (χ4v) is 5.96. The molecule has 88 valence electrons. The van der Waals surface area contributed by atoms with Gasteiger partial charge < -0.3 is 0 Å². The Morgan fingerprint density at radius 1 is 1.50 bits per heavy atom. The van der Waals surface area contributed by atoms with Crippen LogP contribution in [0.25, 0.3) is 0 Å². The van der Waals surface area contributed by atoms with E-state index in [2.05, 4.69) is 11.9 Å². The van der Waals surface area contributed by atoms with Crippen molar-refractivity contribution in [3.05, 3.63) is 16.1 Å². The van der Waals surface area contributed by atoms with Crippen LogP contribution in [0.2, 0.25) is 0 Å². The second kappa shape index (κ2) is 5.56. The van der Waals surface area contributed by atoms with E-state index in [1.807, 2.05) is 23.5 Å². The second-order valence-corrected chi connectivity index (χ2v) is 7.39. The molecule has 2 unspecified atom stereocenters. The highest BCUT2D eigenvalue weighted by Gasteiger charge is 2.28. The normalized spacial score (nSPS) is 25.6. The summed E-state index contributed by atoms with van der Waals surface area (Å²) in [6.07, 6.45) is 2.91. The fraction of sp³-hybridized carbons (Fsp3) is 0.636. The van der Waals surface area contributed by atoms with E-state index in [-0.39, 0.29) is 5.78 Å². The fourth-order valence-electron chi connectivity index (χ4n) is 1.71. The molecule has 0 aromatic carbocycles. The first-order chi connectivity index (χ1) is 7.72. The Bertz CT molecular complexity index is 377. The molecule has 1 aromatic rings. The van der Waals surface area contributed by atoms with Gasteiger partial charge in [-0.25, -0.2) is 4.98 Å². The lowest BCUT2D eigenvalue weighted by Gasteiger charge is -2.28. The topological polar surface area (TPSA) is 30.0 Å². The minimum Gasteiger partial charge on any atom is -0.294 e. The van der Waals surface area contributed by atoms with Gasteiger partial charge in [0.05, 0.1) is 10.1 Å². The number of hydrogen-bond donors (Lipinski definition) is 0. The zero-order chi connectivity index (χ0) is 11.5. The van der Waals surface area contributed by atoms with Crippen molar-refractivity contribution < 1.29 is 4.79 Å². The van der Waals surface area contributed by atoms with Gasteiger partial charge in [-0.15, -0.1) is 23.1 Å². The minimum atomic E-state index is 0.130. The Hall–Kier alpha value is -0.0000000000000000833. The standard InChI is InChI=1S/C11H15NOS3/c1-3-8-10(15-5-4-14-8)11-12-6-9(16-11)7(2)13/h6,8,10H,3-5H2,1-2H3. The molecule has 0 N–H and O–H groups in total. The molecule has 0 saturated carbocycles. The van der Waals surface area contributed by atoms with Crippen LogP contribution in [-0.2, 0) is 0 Å². The zero-order valence-corrected chi connectivity index (χ0v) is 11.9. The van der Waals surface area contributed by atoms with E-state index in [4.69, 9.17) is 0 Å². The Kier molecular flexibility index (Phi) is 4.33. The number of nitrogens with zero attached hydrogens (tertiary/aromatic N) is 1. The first-order valence-electron chi connectivity index (χ1n) is 5.42. The average Bonchev–Trinajstić information content (AvgIpc) is 2.78. The van der Waals surface area contributed by atoms with Crippen molar-refractivity contribution in [1.29, 1.82) is 0 Å². The van der Waals surface area contributed by atoms with Gasteiger partial charge in [-0.3, -0.25) is 4.79 Å². The second-order valence-electron chi connectivity index (χ2n) is 3.73. The third-order valence-electron chi connectivity index (χ3n) is 2.57. The highest BCUT2D eigenvalue weighted by Crippen LogP contribution is 2.45. The molecule has 1 aliphatic rings. The molecule has 5 heteroatoms. The molecule has 1 fully saturated rings. The molecule has 0 amide bonds. The van der Waals surface area contributed by atoms with Gasteiger partial charge in [0.2, 0.25) is 0 Å². The maximum Gasteiger partial charge on any atom is 0.171 e. The van der Waals surface area contributed by atoms with Crippen LogP contribution in [0.1, 0.15) is 40.2 Å². The largest absolute Gasteiger partial charge is 0.294 e. The van der Waals surface area contributed by atoms with Crippen LogP contribution < -0.4 is 0 Å². The number of rotatable bonds is 3. The van der Waals surface area contributed by atoms with Gasteiger partial charge in [0.15, 0.2) is 5.78 Å². The van der Waals surface area contributed by atoms with Crippen LogP contribution >= 0.6 is 34.9 Å². The average molecular weight is 273 g/mol. The van der Waals surface area contributed by atoms with Crippen molar-refractivity contribution >= 4 is 40.6 Å². The molecule has 1 aromatic heterocycles. The number of aromatic nitrogens is 1. The monoisotopic (exact) mass is 273 g/mol. The zero-order valence-electron chi connectivity index (χ0n) is 9.43. The van der Waals surface area contributed by atoms with Crippen molar-refractivity contribution in [3.63, 3.8) is 0 Å². The first kappa shape index (κ1) is 12.5. The van der Waals surface area contributed by atoms with Crippen molar-refractivity contribution in [2.75, 3.05) is 11.5 Å². The van der Waals surface area contributed by atoms with Crippen LogP contribution in [0.5, 0.6) is 0 Å². The van der Waals surface area contributed by atoms with E-state index in [9.17, 15) is 4.79 Å². The molecule has 2 rings (SSSR count). The number of carbonyl (C=O) groups excluding carboxylic acids is 1. The summed E-state index contributed by atoms with van der Waals surface area (Å²) in [4.78, 5) is 16.5. The minimum absolute atomic E-state index is 0.130. The summed E-state index contributed by atoms with van der Waals surface area (Å²) in [6, 6.07) is 0. The van der Waals surface area contributed by atoms with E-state index in [0.717, 1.165) is 9.88 Å². The first-order valence-corrected chi connectivity index (χ1v) is 8.33.